The quantitative estimate of drug-likeness (QED) is 0.400. The van der Waals surface area contributed by atoms with Gasteiger partial charge in [0.25, 0.3) is 0 Å². The summed E-state index contributed by atoms with van der Waals surface area (Å²) in [5.74, 6) is -2.12. The number of sulfonamides is 1. The molecule has 1 amide bonds. The molecule has 0 aliphatic heterocycles. The normalized spacial score (nSPS) is 12.7. The van der Waals surface area contributed by atoms with Gasteiger partial charge < -0.3 is 10.1 Å². The smallest absolute Gasteiger partial charge is 0.418 e. The molecule has 0 bridgehead atoms. The Morgan fingerprint density at radius 1 is 1.06 bits per heavy atom. The first kappa shape index (κ1) is 26.5. The van der Waals surface area contributed by atoms with Crippen molar-refractivity contribution in [3.8, 4) is 5.75 Å². The van der Waals surface area contributed by atoms with E-state index in [1.54, 1.807) is 30.3 Å². The van der Waals surface area contributed by atoms with Crippen LogP contribution in [0.3, 0.4) is 0 Å². The maximum Gasteiger partial charge on any atom is 0.418 e. The molecule has 3 aromatic carbocycles. The molecule has 0 fully saturated rings. The topological polar surface area (TPSA) is 84.5 Å². The number of hydrogen-bond acceptors (Lipinski definition) is 4. The number of ether oxygens (including phenoxy) is 1. The van der Waals surface area contributed by atoms with Crippen molar-refractivity contribution < 1.29 is 35.5 Å². The average Bonchev–Trinajstić information content (AvgIpc) is 2.79. The molecule has 0 aromatic heterocycles. The summed E-state index contributed by atoms with van der Waals surface area (Å²) in [6.45, 7) is 0. The minimum Gasteiger partial charge on any atom is -0.495 e. The molecule has 0 saturated heterocycles. The summed E-state index contributed by atoms with van der Waals surface area (Å²) in [7, 11) is -3.37. The molecule has 0 aliphatic carbocycles. The fraction of sp³-hybridized carbons (Fsp3) is 0.174. The van der Waals surface area contributed by atoms with Crippen molar-refractivity contribution in [2.75, 3.05) is 12.4 Å². The minimum atomic E-state index is -4.84. The first-order chi connectivity index (χ1) is 16.4. The summed E-state index contributed by atoms with van der Waals surface area (Å²) < 4.78 is 87.5. The predicted molar refractivity (Wildman–Crippen MR) is 122 cm³/mol. The van der Waals surface area contributed by atoms with E-state index < -0.39 is 50.1 Å². The van der Waals surface area contributed by atoms with Crippen molar-refractivity contribution >= 4 is 33.2 Å². The van der Waals surface area contributed by atoms with E-state index in [1.807, 2.05) is 0 Å². The number of carbonyl (C=O) groups excluding carboxylic acids is 1. The van der Waals surface area contributed by atoms with Gasteiger partial charge >= 0.3 is 6.18 Å². The van der Waals surface area contributed by atoms with E-state index in [0.717, 1.165) is 24.3 Å². The minimum absolute atomic E-state index is 0.185. The number of hydrogen-bond donors (Lipinski definition) is 2. The summed E-state index contributed by atoms with van der Waals surface area (Å²) in [6, 6.07) is 12.2. The molecule has 1 atom stereocenters. The molecule has 0 radical (unpaired) electrons. The molecule has 12 heteroatoms. The summed E-state index contributed by atoms with van der Waals surface area (Å²) in [5, 5.41) is 1.93. The van der Waals surface area contributed by atoms with Gasteiger partial charge in [0.05, 0.1) is 18.4 Å². The Kier molecular flexibility index (Phi) is 8.04. The first-order valence-corrected chi connectivity index (χ1v) is 11.8. The third kappa shape index (κ3) is 6.71. The molecule has 3 rings (SSSR count). The van der Waals surface area contributed by atoms with Gasteiger partial charge in [-0.25, -0.2) is 12.8 Å². The number of rotatable bonds is 8. The monoisotopic (exact) mass is 530 g/mol. The number of amides is 1. The summed E-state index contributed by atoms with van der Waals surface area (Å²) in [4.78, 5) is 12.5. The molecular weight excluding hydrogens is 512 g/mol. The number of alkyl halides is 3. The van der Waals surface area contributed by atoms with Crippen LogP contribution in [-0.2, 0) is 27.4 Å². The molecule has 3 aromatic rings. The highest BCUT2D eigenvalue weighted by atomic mass is 35.5. The van der Waals surface area contributed by atoms with E-state index >= 15 is 0 Å². The number of nitrogens with one attached hydrogen (secondary N) is 2. The van der Waals surface area contributed by atoms with E-state index in [0.29, 0.717) is 17.7 Å². The zero-order valence-electron chi connectivity index (χ0n) is 18.1. The predicted octanol–water partition coefficient (Wildman–Crippen LogP) is 5.03. The van der Waals surface area contributed by atoms with Crippen LogP contribution in [0.4, 0.5) is 23.2 Å². The second kappa shape index (κ2) is 10.6. The highest BCUT2D eigenvalue weighted by Crippen LogP contribution is 2.36. The van der Waals surface area contributed by atoms with E-state index in [9.17, 15) is 30.8 Å². The fourth-order valence-corrected chi connectivity index (χ4v) is 4.78. The lowest BCUT2D eigenvalue weighted by Gasteiger charge is -2.21. The van der Waals surface area contributed by atoms with Crippen LogP contribution < -0.4 is 14.8 Å². The van der Waals surface area contributed by atoms with E-state index in [2.05, 4.69) is 10.0 Å². The van der Waals surface area contributed by atoms with Gasteiger partial charge in [0.2, 0.25) is 15.9 Å². The lowest BCUT2D eigenvalue weighted by Crippen LogP contribution is -2.45. The van der Waals surface area contributed by atoms with Gasteiger partial charge in [0, 0.05) is 5.02 Å². The number of methoxy groups -OCH3 is 1. The van der Waals surface area contributed by atoms with Crippen LogP contribution in [0.5, 0.6) is 5.75 Å². The fourth-order valence-electron chi connectivity index (χ4n) is 3.23. The van der Waals surface area contributed by atoms with Crippen LogP contribution in [0.25, 0.3) is 0 Å². The lowest BCUT2D eigenvalue weighted by atomic mass is 10.1. The number of benzene rings is 3. The van der Waals surface area contributed by atoms with Crippen molar-refractivity contribution in [2.24, 2.45) is 0 Å². The Bertz CT molecular complexity index is 1320. The van der Waals surface area contributed by atoms with Crippen LogP contribution in [-0.4, -0.2) is 27.5 Å². The van der Waals surface area contributed by atoms with Crippen molar-refractivity contribution in [3.05, 3.63) is 88.7 Å². The standard InChI is InChI=1S/C23H19ClF4N2O4S/c1-34-20-10-8-16(25)13-21(20)35(32,33)30-19(11-14-5-3-2-4-6-14)22(31)29-18-9-7-15(24)12-17(18)23(26,27)28/h2-10,12-13,19,30H,11H2,1H3,(H,29,31). The number of anilines is 1. The third-order valence-corrected chi connectivity index (χ3v) is 6.58. The molecule has 6 nitrogen and oxygen atoms in total. The van der Waals surface area contributed by atoms with Gasteiger partial charge in [-0.2, -0.15) is 17.9 Å². The highest BCUT2D eigenvalue weighted by molar-refractivity contribution is 7.89. The maximum atomic E-state index is 13.8. The Morgan fingerprint density at radius 2 is 1.74 bits per heavy atom. The molecule has 2 N–H and O–H groups in total. The van der Waals surface area contributed by atoms with Crippen LogP contribution in [0.2, 0.25) is 5.02 Å². The van der Waals surface area contributed by atoms with Crippen molar-refractivity contribution in [2.45, 2.75) is 23.5 Å². The maximum absolute atomic E-state index is 13.8. The second-order valence-electron chi connectivity index (χ2n) is 7.34. The molecule has 0 heterocycles. The van der Waals surface area contributed by atoms with Gasteiger partial charge in [-0.1, -0.05) is 41.9 Å². The van der Waals surface area contributed by atoms with Crippen LogP contribution in [0, 0.1) is 5.82 Å². The Labute approximate surface area is 203 Å². The van der Waals surface area contributed by atoms with Gasteiger partial charge in [-0.3, -0.25) is 4.79 Å². The average molecular weight is 531 g/mol. The van der Waals surface area contributed by atoms with Crippen LogP contribution >= 0.6 is 11.6 Å². The van der Waals surface area contributed by atoms with Gasteiger partial charge in [-0.15, -0.1) is 0 Å². The SMILES string of the molecule is COc1ccc(F)cc1S(=O)(=O)NC(Cc1ccccc1)C(=O)Nc1ccc(Cl)cc1C(F)(F)F. The molecule has 0 aliphatic rings. The second-order valence-corrected chi connectivity index (χ2v) is 9.45. The molecular formula is C23H19ClF4N2O4S. The summed E-state index contributed by atoms with van der Waals surface area (Å²) in [6.07, 6.45) is -5.05. The van der Waals surface area contributed by atoms with Gasteiger partial charge in [-0.05, 0) is 48.4 Å². The number of carbonyl (C=O) groups is 1. The zero-order valence-corrected chi connectivity index (χ0v) is 19.6. The summed E-state index contributed by atoms with van der Waals surface area (Å²) in [5.41, 5.74) is -1.28. The Morgan fingerprint density at radius 3 is 2.37 bits per heavy atom. The van der Waals surface area contributed by atoms with Gasteiger partial charge in [0.15, 0.2) is 0 Å². The summed E-state index contributed by atoms with van der Waals surface area (Å²) >= 11 is 5.68. The lowest BCUT2D eigenvalue weighted by molar-refractivity contribution is -0.137. The third-order valence-electron chi connectivity index (χ3n) is 4.86. The molecule has 35 heavy (non-hydrogen) atoms. The van der Waals surface area contributed by atoms with Crippen LogP contribution in [0.1, 0.15) is 11.1 Å². The van der Waals surface area contributed by atoms with Crippen molar-refractivity contribution in [1.82, 2.24) is 4.72 Å². The molecule has 186 valence electrons. The van der Waals surface area contributed by atoms with Crippen molar-refractivity contribution in [1.29, 1.82) is 0 Å². The zero-order chi connectivity index (χ0) is 25.8. The largest absolute Gasteiger partial charge is 0.495 e. The number of halogens is 5. The van der Waals surface area contributed by atoms with E-state index in [1.165, 1.54) is 7.11 Å². The highest BCUT2D eigenvalue weighted by Gasteiger charge is 2.35. The Hall–Kier alpha value is -3.15. The molecule has 0 spiro atoms. The van der Waals surface area contributed by atoms with Crippen molar-refractivity contribution in [3.63, 3.8) is 0 Å². The Balaban J connectivity index is 1.98. The van der Waals surface area contributed by atoms with Crippen LogP contribution in [0.15, 0.2) is 71.6 Å². The first-order valence-electron chi connectivity index (χ1n) is 9.98. The molecule has 0 saturated carbocycles. The molecule has 1 unspecified atom stereocenters. The van der Waals surface area contributed by atoms with Gasteiger partial charge in [0.1, 0.15) is 22.5 Å². The van der Waals surface area contributed by atoms with E-state index in [4.69, 9.17) is 16.3 Å². The van der Waals surface area contributed by atoms with E-state index in [-0.39, 0.29) is 17.2 Å².